The Bertz CT molecular complexity index is 544. The number of rotatable bonds is 5. The summed E-state index contributed by atoms with van der Waals surface area (Å²) in [4.78, 5) is 12.7. The van der Waals surface area contributed by atoms with Gasteiger partial charge in [0.25, 0.3) is 0 Å². The van der Waals surface area contributed by atoms with Crippen LogP contribution in [0.2, 0.25) is 0 Å². The molecule has 4 nitrogen and oxygen atoms in total. The first-order chi connectivity index (χ1) is 9.97. The summed E-state index contributed by atoms with van der Waals surface area (Å²) in [5, 5.41) is 8.62. The molecule has 1 saturated heterocycles. The Balaban J connectivity index is 2.09. The fraction of sp³-hybridized carbons (Fsp3) is 0.438. The van der Waals surface area contributed by atoms with Gasteiger partial charge < -0.3 is 9.84 Å². The third kappa shape index (κ3) is 4.12. The Morgan fingerprint density at radius 2 is 2.33 bits per heavy atom. The van der Waals surface area contributed by atoms with Crippen molar-refractivity contribution in [1.29, 1.82) is 0 Å². The van der Waals surface area contributed by atoms with Crippen molar-refractivity contribution in [2.24, 2.45) is 0 Å². The van der Waals surface area contributed by atoms with Gasteiger partial charge >= 0.3 is 5.97 Å². The normalized spacial score (nSPS) is 22.3. The van der Waals surface area contributed by atoms with Gasteiger partial charge in [-0.05, 0) is 44.2 Å². The monoisotopic (exact) mass is 293 g/mol. The highest BCUT2D eigenvalue weighted by molar-refractivity contribution is 5.85. The molecule has 1 aliphatic rings. The molecule has 21 heavy (non-hydrogen) atoms. The lowest BCUT2D eigenvalue weighted by Crippen LogP contribution is -2.36. The van der Waals surface area contributed by atoms with Gasteiger partial charge in [0.05, 0.1) is 6.10 Å². The molecule has 0 amide bonds. The lowest BCUT2D eigenvalue weighted by Gasteiger charge is -2.26. The van der Waals surface area contributed by atoms with E-state index in [0.717, 1.165) is 24.7 Å². The van der Waals surface area contributed by atoms with Crippen LogP contribution in [-0.4, -0.2) is 41.8 Å². The Morgan fingerprint density at radius 1 is 1.57 bits per heavy atom. The summed E-state index contributed by atoms with van der Waals surface area (Å²) < 4.78 is 19.2. The first-order valence-corrected chi connectivity index (χ1v) is 6.98. The van der Waals surface area contributed by atoms with Crippen LogP contribution in [0.15, 0.2) is 24.3 Å². The van der Waals surface area contributed by atoms with Gasteiger partial charge in [0.15, 0.2) is 0 Å². The van der Waals surface area contributed by atoms with Crippen LogP contribution >= 0.6 is 0 Å². The van der Waals surface area contributed by atoms with Crippen molar-refractivity contribution >= 4 is 12.0 Å². The highest BCUT2D eigenvalue weighted by Gasteiger charge is 2.27. The second kappa shape index (κ2) is 6.83. The maximum absolute atomic E-state index is 13.6. The zero-order valence-corrected chi connectivity index (χ0v) is 12.3. The third-order valence-electron chi connectivity index (χ3n) is 3.80. The fourth-order valence-corrected chi connectivity index (χ4v) is 2.68. The predicted octanol–water partition coefficient (Wildman–Crippen LogP) is 2.53. The molecule has 0 spiro atoms. The number of ether oxygens (including phenoxy) is 1. The van der Waals surface area contributed by atoms with E-state index in [2.05, 4.69) is 11.8 Å². The summed E-state index contributed by atoms with van der Waals surface area (Å²) in [6.45, 7) is 3.50. The molecule has 0 bridgehead atoms. The molecule has 1 heterocycles. The van der Waals surface area contributed by atoms with Gasteiger partial charge in [0.2, 0.25) is 0 Å². The third-order valence-corrected chi connectivity index (χ3v) is 3.80. The molecule has 0 aromatic heterocycles. The maximum Gasteiger partial charge on any atom is 0.328 e. The number of nitrogens with zero attached hydrogens (tertiary/aromatic N) is 1. The number of hydrogen-bond donors (Lipinski definition) is 1. The van der Waals surface area contributed by atoms with Crippen molar-refractivity contribution in [3.05, 3.63) is 41.2 Å². The highest BCUT2D eigenvalue weighted by atomic mass is 19.1. The zero-order valence-electron chi connectivity index (χ0n) is 12.3. The molecular weight excluding hydrogens is 273 g/mol. The van der Waals surface area contributed by atoms with Gasteiger partial charge in [0.1, 0.15) is 5.82 Å². The molecule has 1 aromatic carbocycles. The van der Waals surface area contributed by atoms with Crippen LogP contribution in [0.3, 0.4) is 0 Å². The lowest BCUT2D eigenvalue weighted by atomic mass is 10.1. The van der Waals surface area contributed by atoms with Crippen molar-refractivity contribution in [3.8, 4) is 0 Å². The van der Waals surface area contributed by atoms with Crippen LogP contribution in [0.4, 0.5) is 4.39 Å². The quantitative estimate of drug-likeness (QED) is 0.848. The van der Waals surface area contributed by atoms with Crippen LogP contribution < -0.4 is 0 Å². The van der Waals surface area contributed by atoms with E-state index in [4.69, 9.17) is 9.84 Å². The molecule has 0 radical (unpaired) electrons. The molecule has 1 aromatic rings. The molecule has 0 saturated carbocycles. The molecule has 1 fully saturated rings. The van der Waals surface area contributed by atoms with Gasteiger partial charge in [-0.15, -0.1) is 0 Å². The smallest absolute Gasteiger partial charge is 0.328 e. The average Bonchev–Trinajstić information content (AvgIpc) is 2.85. The van der Waals surface area contributed by atoms with Gasteiger partial charge in [-0.3, -0.25) is 4.90 Å². The SMILES string of the molecule is CC1OCCC1N(C)Cc1ccc(F)c(/C=C/C(=O)O)c1. The number of hydrogen-bond acceptors (Lipinski definition) is 3. The standard InChI is InChI=1S/C16H20FNO3/c1-11-15(7-8-21-11)18(2)10-12-3-5-14(17)13(9-12)4-6-16(19)20/h3-6,9,11,15H,7-8,10H2,1-2H3,(H,19,20)/b6-4+. The van der Waals surface area contributed by atoms with Crippen molar-refractivity contribution in [2.45, 2.75) is 32.0 Å². The number of aliphatic carboxylic acids is 1. The van der Waals surface area contributed by atoms with Crippen LogP contribution in [0.1, 0.15) is 24.5 Å². The number of halogens is 1. The summed E-state index contributed by atoms with van der Waals surface area (Å²) in [5.74, 6) is -1.51. The van der Waals surface area contributed by atoms with Gasteiger partial charge in [-0.2, -0.15) is 0 Å². The first-order valence-electron chi connectivity index (χ1n) is 6.98. The first kappa shape index (κ1) is 15.7. The predicted molar refractivity (Wildman–Crippen MR) is 78.4 cm³/mol. The maximum atomic E-state index is 13.6. The minimum atomic E-state index is -1.09. The molecule has 2 rings (SSSR count). The van der Waals surface area contributed by atoms with E-state index in [0.29, 0.717) is 18.2 Å². The Morgan fingerprint density at radius 3 is 2.95 bits per heavy atom. The minimum Gasteiger partial charge on any atom is -0.478 e. The molecule has 1 aliphatic heterocycles. The molecular formula is C16H20FNO3. The van der Waals surface area contributed by atoms with E-state index in [1.54, 1.807) is 12.1 Å². The van der Waals surface area contributed by atoms with Crippen molar-refractivity contribution in [2.75, 3.05) is 13.7 Å². The molecule has 2 unspecified atom stereocenters. The second-order valence-electron chi connectivity index (χ2n) is 5.37. The summed E-state index contributed by atoms with van der Waals surface area (Å²) in [5.41, 5.74) is 1.24. The van der Waals surface area contributed by atoms with Crippen LogP contribution in [0.25, 0.3) is 6.08 Å². The average molecular weight is 293 g/mol. The number of carboxylic acid groups (broad SMARTS) is 1. The number of likely N-dealkylation sites (N-methyl/N-ethyl adjacent to an activating group) is 1. The molecule has 0 aliphatic carbocycles. The Kier molecular flexibility index (Phi) is 5.09. The van der Waals surface area contributed by atoms with E-state index in [1.807, 2.05) is 7.05 Å². The summed E-state index contributed by atoms with van der Waals surface area (Å²) >= 11 is 0. The fourth-order valence-electron chi connectivity index (χ4n) is 2.68. The highest BCUT2D eigenvalue weighted by Crippen LogP contribution is 2.21. The minimum absolute atomic E-state index is 0.196. The summed E-state index contributed by atoms with van der Waals surface area (Å²) in [6, 6.07) is 5.14. The number of benzene rings is 1. The van der Waals surface area contributed by atoms with Gasteiger partial charge in [0, 0.05) is 30.8 Å². The topological polar surface area (TPSA) is 49.8 Å². The zero-order chi connectivity index (χ0) is 15.4. The van der Waals surface area contributed by atoms with Crippen LogP contribution in [-0.2, 0) is 16.1 Å². The van der Waals surface area contributed by atoms with Crippen LogP contribution in [0.5, 0.6) is 0 Å². The Hall–Kier alpha value is -1.72. The van der Waals surface area contributed by atoms with Crippen molar-refractivity contribution < 1.29 is 19.0 Å². The summed E-state index contributed by atoms with van der Waals surface area (Å²) in [7, 11) is 2.02. The molecule has 114 valence electrons. The number of carboxylic acids is 1. The van der Waals surface area contributed by atoms with E-state index >= 15 is 0 Å². The largest absolute Gasteiger partial charge is 0.478 e. The lowest BCUT2D eigenvalue weighted by molar-refractivity contribution is -0.131. The van der Waals surface area contributed by atoms with Gasteiger partial charge in [-0.25, -0.2) is 9.18 Å². The van der Waals surface area contributed by atoms with E-state index in [1.165, 1.54) is 12.1 Å². The molecule has 2 atom stereocenters. The van der Waals surface area contributed by atoms with E-state index in [9.17, 15) is 9.18 Å². The number of carbonyl (C=O) groups is 1. The van der Waals surface area contributed by atoms with Crippen molar-refractivity contribution in [3.63, 3.8) is 0 Å². The molecule has 5 heteroatoms. The van der Waals surface area contributed by atoms with Crippen LogP contribution in [0, 0.1) is 5.82 Å². The summed E-state index contributed by atoms with van der Waals surface area (Å²) in [6.07, 6.45) is 3.41. The second-order valence-corrected chi connectivity index (χ2v) is 5.37. The van der Waals surface area contributed by atoms with Gasteiger partial charge in [-0.1, -0.05) is 6.07 Å². The molecule has 1 N–H and O–H groups in total. The Labute approximate surface area is 123 Å². The van der Waals surface area contributed by atoms with E-state index < -0.39 is 11.8 Å². The van der Waals surface area contributed by atoms with E-state index in [-0.39, 0.29) is 6.10 Å². The van der Waals surface area contributed by atoms with Crippen molar-refractivity contribution in [1.82, 2.24) is 4.90 Å².